The fourth-order valence-corrected chi connectivity index (χ4v) is 2.00. The Balaban J connectivity index is 2.18. The van der Waals surface area contributed by atoms with Crippen LogP contribution in [0.2, 0.25) is 0 Å². The van der Waals surface area contributed by atoms with Gasteiger partial charge in [-0.25, -0.2) is 9.59 Å². The molecule has 0 saturated carbocycles. The van der Waals surface area contributed by atoms with Crippen molar-refractivity contribution in [2.45, 2.75) is 39.6 Å². The summed E-state index contributed by atoms with van der Waals surface area (Å²) in [5, 5.41) is 12.0. The van der Waals surface area contributed by atoms with Crippen LogP contribution in [0.3, 0.4) is 0 Å². The Morgan fingerprint density at radius 2 is 1.88 bits per heavy atom. The highest BCUT2D eigenvalue weighted by Crippen LogP contribution is 2.25. The number of nitriles is 1. The number of esters is 2. The van der Waals surface area contributed by atoms with Crippen LogP contribution in [0.5, 0.6) is 5.75 Å². The highest BCUT2D eigenvalue weighted by molar-refractivity contribution is 6.15. The largest absolute Gasteiger partial charge is 0.490 e. The summed E-state index contributed by atoms with van der Waals surface area (Å²) in [6.07, 6.45) is 1.13. The molecule has 0 unspecified atom stereocenters. The van der Waals surface area contributed by atoms with Crippen molar-refractivity contribution >= 4 is 17.6 Å². The molecule has 2 rings (SSSR count). The number of ether oxygens (including phenoxy) is 3. The van der Waals surface area contributed by atoms with Crippen LogP contribution in [0, 0.1) is 11.3 Å². The van der Waals surface area contributed by atoms with Crippen molar-refractivity contribution in [1.82, 2.24) is 0 Å². The van der Waals surface area contributed by atoms with E-state index in [1.54, 1.807) is 18.2 Å². The molecular weight excluding hydrogens is 312 g/mol. The van der Waals surface area contributed by atoms with Crippen molar-refractivity contribution in [3.05, 3.63) is 35.5 Å². The van der Waals surface area contributed by atoms with Crippen molar-refractivity contribution in [1.29, 1.82) is 5.26 Å². The third kappa shape index (κ3) is 4.04. The molecule has 0 radical (unpaired) electrons. The van der Waals surface area contributed by atoms with E-state index in [4.69, 9.17) is 14.2 Å². The van der Waals surface area contributed by atoms with Crippen LogP contribution in [-0.4, -0.2) is 23.8 Å². The standard InChI is InChI=1S/C17H18N2O5/c1-10(2)22-14-6-5-12(7-11(14)8-18)19-9-13-15(20)23-17(3,4)24-16(13)21/h5-7,9-10,19H,1-4H3. The minimum atomic E-state index is -1.28. The smallest absolute Gasteiger partial charge is 0.350 e. The predicted octanol–water partition coefficient (Wildman–Crippen LogP) is 2.48. The van der Waals surface area contributed by atoms with E-state index in [1.165, 1.54) is 20.0 Å². The Bertz CT molecular complexity index is 722. The van der Waals surface area contributed by atoms with Gasteiger partial charge in [0, 0.05) is 25.7 Å². The number of hydrogen-bond donors (Lipinski definition) is 1. The Morgan fingerprint density at radius 1 is 1.25 bits per heavy atom. The van der Waals surface area contributed by atoms with Crippen LogP contribution in [-0.2, 0) is 19.1 Å². The number of cyclic esters (lactones) is 2. The molecule has 1 aromatic carbocycles. The monoisotopic (exact) mass is 330 g/mol. The van der Waals surface area contributed by atoms with Crippen molar-refractivity contribution < 1.29 is 23.8 Å². The number of carbonyl (C=O) groups excluding carboxylic acids is 2. The van der Waals surface area contributed by atoms with Gasteiger partial charge in [-0.1, -0.05) is 0 Å². The van der Waals surface area contributed by atoms with Gasteiger partial charge < -0.3 is 19.5 Å². The van der Waals surface area contributed by atoms with E-state index in [2.05, 4.69) is 5.32 Å². The fraction of sp³-hybridized carbons (Fsp3) is 0.353. The molecule has 0 aliphatic carbocycles. The molecule has 0 spiro atoms. The van der Waals surface area contributed by atoms with Crippen molar-refractivity contribution in [3.63, 3.8) is 0 Å². The second-order valence-corrected chi connectivity index (χ2v) is 5.87. The lowest BCUT2D eigenvalue weighted by Crippen LogP contribution is -2.42. The van der Waals surface area contributed by atoms with Crippen molar-refractivity contribution in [3.8, 4) is 11.8 Å². The molecule has 1 aromatic rings. The number of benzene rings is 1. The average molecular weight is 330 g/mol. The zero-order valence-electron chi connectivity index (χ0n) is 13.9. The van der Waals surface area contributed by atoms with Crippen LogP contribution in [0.25, 0.3) is 0 Å². The summed E-state index contributed by atoms with van der Waals surface area (Å²) in [4.78, 5) is 23.7. The summed E-state index contributed by atoms with van der Waals surface area (Å²) in [6, 6.07) is 6.90. The molecule has 126 valence electrons. The first kappa shape index (κ1) is 17.3. The topological polar surface area (TPSA) is 97.7 Å². The van der Waals surface area contributed by atoms with E-state index >= 15 is 0 Å². The van der Waals surface area contributed by atoms with Gasteiger partial charge in [-0.2, -0.15) is 5.26 Å². The molecule has 1 heterocycles. The van der Waals surface area contributed by atoms with Gasteiger partial charge in [-0.05, 0) is 32.0 Å². The summed E-state index contributed by atoms with van der Waals surface area (Å²) < 4.78 is 15.5. The summed E-state index contributed by atoms with van der Waals surface area (Å²) in [5.41, 5.74) is 0.595. The SMILES string of the molecule is CC(C)Oc1ccc(NC=C2C(=O)OC(C)(C)OC2=O)cc1C#N. The molecule has 7 nitrogen and oxygen atoms in total. The van der Waals surface area contributed by atoms with Crippen molar-refractivity contribution in [2.24, 2.45) is 0 Å². The van der Waals surface area contributed by atoms with Crippen LogP contribution in [0.15, 0.2) is 30.0 Å². The number of nitrogens with zero attached hydrogens (tertiary/aromatic N) is 1. The van der Waals surface area contributed by atoms with Gasteiger partial charge in [-0.3, -0.25) is 0 Å². The summed E-state index contributed by atoms with van der Waals surface area (Å²) in [7, 11) is 0. The second-order valence-electron chi connectivity index (χ2n) is 5.87. The number of hydrogen-bond acceptors (Lipinski definition) is 7. The predicted molar refractivity (Wildman–Crippen MR) is 84.9 cm³/mol. The van der Waals surface area contributed by atoms with E-state index in [1.807, 2.05) is 19.9 Å². The van der Waals surface area contributed by atoms with Crippen molar-refractivity contribution in [2.75, 3.05) is 5.32 Å². The lowest BCUT2D eigenvalue weighted by atomic mass is 10.2. The normalized spacial score (nSPS) is 16.1. The van der Waals surface area contributed by atoms with Gasteiger partial charge >= 0.3 is 11.9 Å². The quantitative estimate of drug-likeness (QED) is 0.514. The number of rotatable bonds is 4. The molecule has 0 amide bonds. The Labute approximate surface area is 139 Å². The summed E-state index contributed by atoms with van der Waals surface area (Å²) in [6.45, 7) is 6.67. The fourth-order valence-electron chi connectivity index (χ4n) is 2.00. The van der Waals surface area contributed by atoms with E-state index in [0.717, 1.165) is 0 Å². The number of anilines is 1. The Hall–Kier alpha value is -3.01. The molecule has 0 atom stereocenters. The van der Waals surface area contributed by atoms with E-state index in [0.29, 0.717) is 17.0 Å². The van der Waals surface area contributed by atoms with E-state index in [9.17, 15) is 14.9 Å². The first-order chi connectivity index (χ1) is 11.2. The van der Waals surface area contributed by atoms with Gasteiger partial charge in [0.25, 0.3) is 5.79 Å². The van der Waals surface area contributed by atoms with Gasteiger partial charge in [0.1, 0.15) is 11.8 Å². The summed E-state index contributed by atoms with van der Waals surface area (Å²) in [5.74, 6) is -2.37. The molecule has 7 heteroatoms. The first-order valence-corrected chi connectivity index (χ1v) is 7.36. The minimum absolute atomic E-state index is 0.0619. The summed E-state index contributed by atoms with van der Waals surface area (Å²) >= 11 is 0. The third-order valence-electron chi connectivity index (χ3n) is 2.96. The number of carbonyl (C=O) groups is 2. The van der Waals surface area contributed by atoms with Crippen LogP contribution in [0.4, 0.5) is 5.69 Å². The Kier molecular flexibility index (Phi) is 4.79. The average Bonchev–Trinajstić information content (AvgIpc) is 2.45. The highest BCUT2D eigenvalue weighted by atomic mass is 16.7. The lowest BCUT2D eigenvalue weighted by Gasteiger charge is -2.29. The van der Waals surface area contributed by atoms with Gasteiger partial charge in [0.05, 0.1) is 11.7 Å². The first-order valence-electron chi connectivity index (χ1n) is 7.36. The maximum absolute atomic E-state index is 11.8. The third-order valence-corrected chi connectivity index (χ3v) is 2.96. The zero-order chi connectivity index (χ0) is 17.9. The highest BCUT2D eigenvalue weighted by Gasteiger charge is 2.38. The zero-order valence-corrected chi connectivity index (χ0v) is 13.9. The maximum atomic E-state index is 11.8. The van der Waals surface area contributed by atoms with E-state index < -0.39 is 17.7 Å². The molecule has 1 fully saturated rings. The van der Waals surface area contributed by atoms with E-state index in [-0.39, 0.29) is 11.7 Å². The van der Waals surface area contributed by atoms with Crippen LogP contribution < -0.4 is 10.1 Å². The Morgan fingerprint density at radius 3 is 2.42 bits per heavy atom. The van der Waals surface area contributed by atoms with Crippen LogP contribution >= 0.6 is 0 Å². The lowest BCUT2D eigenvalue weighted by molar-refractivity contribution is -0.222. The van der Waals surface area contributed by atoms with Gasteiger partial charge in [0.2, 0.25) is 0 Å². The molecule has 0 bridgehead atoms. The molecule has 1 aliphatic heterocycles. The number of nitrogens with one attached hydrogen (secondary N) is 1. The molecule has 1 saturated heterocycles. The minimum Gasteiger partial charge on any atom is -0.490 e. The molecular formula is C17H18N2O5. The molecule has 0 aromatic heterocycles. The maximum Gasteiger partial charge on any atom is 0.350 e. The molecule has 24 heavy (non-hydrogen) atoms. The molecule has 1 aliphatic rings. The molecule has 1 N–H and O–H groups in total. The van der Waals surface area contributed by atoms with Gasteiger partial charge in [-0.15, -0.1) is 0 Å². The second kappa shape index (κ2) is 6.62. The van der Waals surface area contributed by atoms with Crippen LogP contribution in [0.1, 0.15) is 33.3 Å². The van der Waals surface area contributed by atoms with Gasteiger partial charge in [0.15, 0.2) is 5.57 Å².